The van der Waals surface area contributed by atoms with Crippen molar-refractivity contribution in [1.82, 2.24) is 0 Å². The highest BCUT2D eigenvalue weighted by molar-refractivity contribution is 9.10. The number of hydrogen-bond donors (Lipinski definition) is 1. The Labute approximate surface area is 116 Å². The van der Waals surface area contributed by atoms with Crippen molar-refractivity contribution in [1.29, 1.82) is 0 Å². The number of aromatic carboxylic acids is 1. The highest BCUT2D eigenvalue weighted by atomic mass is 79.9. The minimum absolute atomic E-state index is 0.124. The van der Waals surface area contributed by atoms with Crippen molar-refractivity contribution < 1.29 is 14.6 Å². The van der Waals surface area contributed by atoms with Crippen LogP contribution in [0.2, 0.25) is 0 Å². The Kier molecular flexibility index (Phi) is 5.62. The van der Waals surface area contributed by atoms with Crippen molar-refractivity contribution in [3.63, 3.8) is 0 Å². The summed E-state index contributed by atoms with van der Waals surface area (Å²) in [6, 6.07) is 5.42. The molecule has 1 aromatic carbocycles. The van der Waals surface area contributed by atoms with Gasteiger partial charge in [0.25, 0.3) is 0 Å². The quantitative estimate of drug-likeness (QED) is 0.876. The molecule has 1 unspecified atom stereocenters. The van der Waals surface area contributed by atoms with E-state index in [-0.39, 0.29) is 6.04 Å². The molecule has 0 aliphatic carbocycles. The fourth-order valence-corrected chi connectivity index (χ4v) is 2.34. The molecule has 0 saturated heterocycles. The molecule has 18 heavy (non-hydrogen) atoms. The molecule has 1 rings (SSSR count). The van der Waals surface area contributed by atoms with Crippen molar-refractivity contribution in [3.05, 3.63) is 28.2 Å². The molecule has 0 heterocycles. The summed E-state index contributed by atoms with van der Waals surface area (Å²) in [7, 11) is 1.64. The van der Waals surface area contributed by atoms with Crippen molar-refractivity contribution >= 4 is 27.6 Å². The smallest absolute Gasteiger partial charge is 0.337 e. The fraction of sp³-hybridized carbons (Fsp3) is 0.462. The molecular weight excluding hydrogens is 298 g/mol. The van der Waals surface area contributed by atoms with Gasteiger partial charge in [-0.05, 0) is 32.0 Å². The van der Waals surface area contributed by atoms with Crippen LogP contribution in [0.3, 0.4) is 0 Å². The summed E-state index contributed by atoms with van der Waals surface area (Å²) >= 11 is 3.30. The van der Waals surface area contributed by atoms with Crippen LogP contribution >= 0.6 is 15.9 Å². The summed E-state index contributed by atoms with van der Waals surface area (Å²) in [4.78, 5) is 13.3. The topological polar surface area (TPSA) is 49.8 Å². The van der Waals surface area contributed by atoms with Crippen molar-refractivity contribution in [2.75, 3.05) is 25.2 Å². The predicted molar refractivity (Wildman–Crippen MR) is 75.5 cm³/mol. The summed E-state index contributed by atoms with van der Waals surface area (Å²) in [6.07, 6.45) is 0. The molecule has 0 radical (unpaired) electrons. The molecule has 0 saturated carbocycles. The molecule has 100 valence electrons. The molecule has 0 spiro atoms. The number of likely N-dealkylation sites (N-methyl/N-ethyl adjacent to an activating group) is 1. The van der Waals surface area contributed by atoms with E-state index in [4.69, 9.17) is 4.74 Å². The molecule has 0 bridgehead atoms. The second kappa shape index (κ2) is 6.75. The standard InChI is InChI=1S/C13H18BrNO3/c1-4-15(9(2)8-18-3)12-6-5-10(14)7-11(12)13(16)17/h5-7,9H,4,8H2,1-3H3,(H,16,17). The van der Waals surface area contributed by atoms with E-state index in [1.54, 1.807) is 13.2 Å². The third-order valence-electron chi connectivity index (χ3n) is 2.78. The van der Waals surface area contributed by atoms with Crippen LogP contribution in [-0.2, 0) is 4.74 Å². The molecule has 1 N–H and O–H groups in total. The Morgan fingerprint density at radius 3 is 2.72 bits per heavy atom. The molecule has 0 aliphatic rings. The number of carboxylic acids is 1. The Hall–Kier alpha value is -1.07. The van der Waals surface area contributed by atoms with Gasteiger partial charge in [0.15, 0.2) is 0 Å². The molecule has 0 aromatic heterocycles. The van der Waals surface area contributed by atoms with E-state index in [1.165, 1.54) is 0 Å². The van der Waals surface area contributed by atoms with Gasteiger partial charge in [-0.25, -0.2) is 4.79 Å². The Morgan fingerprint density at radius 1 is 1.56 bits per heavy atom. The Balaban J connectivity index is 3.16. The molecule has 0 fully saturated rings. The maximum atomic E-state index is 11.3. The molecule has 4 nitrogen and oxygen atoms in total. The maximum absolute atomic E-state index is 11.3. The second-order valence-electron chi connectivity index (χ2n) is 4.06. The Bertz CT molecular complexity index is 423. The lowest BCUT2D eigenvalue weighted by atomic mass is 10.1. The largest absolute Gasteiger partial charge is 0.478 e. The average Bonchev–Trinajstić information content (AvgIpc) is 2.32. The van der Waals surface area contributed by atoms with Crippen LogP contribution in [0.5, 0.6) is 0 Å². The molecule has 0 aliphatic heterocycles. The predicted octanol–water partition coefficient (Wildman–Crippen LogP) is 3.01. The van der Waals surface area contributed by atoms with Gasteiger partial charge in [0.05, 0.1) is 17.9 Å². The second-order valence-corrected chi connectivity index (χ2v) is 4.97. The highest BCUT2D eigenvalue weighted by Crippen LogP contribution is 2.26. The van der Waals surface area contributed by atoms with Crippen LogP contribution in [0, 0.1) is 0 Å². The van der Waals surface area contributed by atoms with E-state index >= 15 is 0 Å². The highest BCUT2D eigenvalue weighted by Gasteiger charge is 2.19. The van der Waals surface area contributed by atoms with E-state index in [2.05, 4.69) is 15.9 Å². The zero-order valence-corrected chi connectivity index (χ0v) is 12.4. The van der Waals surface area contributed by atoms with Gasteiger partial charge in [-0.3, -0.25) is 0 Å². The fourth-order valence-electron chi connectivity index (χ4n) is 1.98. The third kappa shape index (κ3) is 3.46. The number of carboxylic acid groups (broad SMARTS) is 1. The van der Waals surface area contributed by atoms with Gasteiger partial charge >= 0.3 is 5.97 Å². The van der Waals surface area contributed by atoms with Crippen LogP contribution in [0.25, 0.3) is 0 Å². The van der Waals surface area contributed by atoms with Gasteiger partial charge in [0, 0.05) is 24.2 Å². The number of methoxy groups -OCH3 is 1. The first-order valence-corrected chi connectivity index (χ1v) is 6.59. The number of nitrogens with zero attached hydrogens (tertiary/aromatic N) is 1. The first-order chi connectivity index (χ1) is 8.51. The van der Waals surface area contributed by atoms with Crippen molar-refractivity contribution in [2.45, 2.75) is 19.9 Å². The lowest BCUT2D eigenvalue weighted by molar-refractivity contribution is 0.0697. The normalized spacial score (nSPS) is 12.2. The van der Waals surface area contributed by atoms with Crippen LogP contribution in [-0.4, -0.2) is 37.4 Å². The van der Waals surface area contributed by atoms with Crippen molar-refractivity contribution in [3.8, 4) is 0 Å². The van der Waals surface area contributed by atoms with Gasteiger partial charge in [-0.2, -0.15) is 0 Å². The molecule has 5 heteroatoms. The number of rotatable bonds is 6. The van der Waals surface area contributed by atoms with Crippen LogP contribution in [0.15, 0.2) is 22.7 Å². The van der Waals surface area contributed by atoms with E-state index < -0.39 is 5.97 Å². The first-order valence-electron chi connectivity index (χ1n) is 5.79. The first kappa shape index (κ1) is 15.0. The van der Waals surface area contributed by atoms with Gasteiger partial charge in [-0.1, -0.05) is 15.9 Å². The summed E-state index contributed by atoms with van der Waals surface area (Å²) in [5.41, 5.74) is 1.02. The van der Waals surface area contributed by atoms with E-state index in [9.17, 15) is 9.90 Å². The monoisotopic (exact) mass is 315 g/mol. The minimum Gasteiger partial charge on any atom is -0.478 e. The van der Waals surface area contributed by atoms with Crippen molar-refractivity contribution in [2.24, 2.45) is 0 Å². The summed E-state index contributed by atoms with van der Waals surface area (Å²) in [5.74, 6) is -0.922. The number of carbonyl (C=O) groups is 1. The molecule has 1 aromatic rings. The van der Waals surface area contributed by atoms with E-state index in [0.29, 0.717) is 12.2 Å². The lowest BCUT2D eigenvalue weighted by Gasteiger charge is -2.30. The van der Waals surface area contributed by atoms with Gasteiger partial charge < -0.3 is 14.7 Å². The zero-order chi connectivity index (χ0) is 13.7. The van der Waals surface area contributed by atoms with Gasteiger partial charge in [0.2, 0.25) is 0 Å². The molecular formula is C13H18BrNO3. The third-order valence-corrected chi connectivity index (χ3v) is 3.27. The zero-order valence-electron chi connectivity index (χ0n) is 10.8. The molecule has 0 amide bonds. The number of ether oxygens (including phenoxy) is 1. The van der Waals surface area contributed by atoms with Crippen LogP contribution in [0.1, 0.15) is 24.2 Å². The average molecular weight is 316 g/mol. The number of anilines is 1. The summed E-state index contributed by atoms with van der Waals surface area (Å²) in [5, 5.41) is 9.27. The van der Waals surface area contributed by atoms with Gasteiger partial charge in [0.1, 0.15) is 0 Å². The summed E-state index contributed by atoms with van der Waals surface area (Å²) < 4.78 is 5.90. The number of benzene rings is 1. The van der Waals surface area contributed by atoms with Crippen LogP contribution < -0.4 is 4.90 Å². The minimum atomic E-state index is -0.922. The number of hydrogen-bond acceptors (Lipinski definition) is 3. The SMILES string of the molecule is CCN(c1ccc(Br)cc1C(=O)O)C(C)COC. The van der Waals surface area contributed by atoms with E-state index in [0.717, 1.165) is 16.7 Å². The maximum Gasteiger partial charge on any atom is 0.337 e. The van der Waals surface area contributed by atoms with E-state index in [1.807, 2.05) is 30.9 Å². The van der Waals surface area contributed by atoms with Gasteiger partial charge in [-0.15, -0.1) is 0 Å². The Morgan fingerprint density at radius 2 is 2.22 bits per heavy atom. The lowest BCUT2D eigenvalue weighted by Crippen LogP contribution is -2.37. The van der Waals surface area contributed by atoms with Crippen LogP contribution in [0.4, 0.5) is 5.69 Å². The summed E-state index contributed by atoms with van der Waals surface area (Å²) in [6.45, 7) is 5.30. The number of halogens is 1. The molecule has 1 atom stereocenters.